The maximum absolute atomic E-state index is 12.9. The van der Waals surface area contributed by atoms with Crippen LogP contribution in [0.15, 0.2) is 0 Å². The molecule has 22 heteroatoms. The SMILES string of the molecule is FC(F)(F)C(F)(F)C(F)(F)C(F)(F)C(F)(F)C(F)(F)C(F)(F)C(F)(F)[N+](F)(F)F.[I-]. The molecule has 0 spiro atoms. The Labute approximate surface area is 166 Å². The van der Waals surface area contributed by atoms with Gasteiger partial charge in [0.15, 0.2) is 0 Å². The van der Waals surface area contributed by atoms with E-state index in [0.29, 0.717) is 0 Å². The van der Waals surface area contributed by atoms with Crippen LogP contribution in [0, 0.1) is 0 Å². The summed E-state index contributed by atoms with van der Waals surface area (Å²) >= 11 is 0. The van der Waals surface area contributed by atoms with Gasteiger partial charge in [0.1, 0.15) is 0 Å². The van der Waals surface area contributed by atoms with Crippen LogP contribution >= 0.6 is 0 Å². The van der Waals surface area contributed by atoms with E-state index in [1.54, 1.807) is 0 Å². The summed E-state index contributed by atoms with van der Waals surface area (Å²) in [7, 11) is 0. The maximum Gasteiger partial charge on any atom is 0.576 e. The number of halogens is 21. The van der Waals surface area contributed by atoms with Crippen molar-refractivity contribution in [2.45, 2.75) is 47.8 Å². The van der Waals surface area contributed by atoms with E-state index in [-0.39, 0.29) is 24.0 Å². The highest BCUT2D eigenvalue weighted by molar-refractivity contribution is 5.14. The molecule has 0 heterocycles. The molecule has 0 aliphatic carbocycles. The third kappa shape index (κ3) is 3.71. The molecule has 0 bridgehead atoms. The lowest BCUT2D eigenvalue weighted by molar-refractivity contribution is -1.32. The molecular weight excluding hydrogens is 617 g/mol. The van der Waals surface area contributed by atoms with Crippen LogP contribution in [0.1, 0.15) is 0 Å². The molecule has 0 unspecified atom stereocenters. The van der Waals surface area contributed by atoms with Crippen molar-refractivity contribution in [1.29, 1.82) is 0 Å². The van der Waals surface area contributed by atoms with Gasteiger partial charge in [-0.3, -0.25) is 0 Å². The Bertz CT molecular complexity index is 559. The van der Waals surface area contributed by atoms with E-state index in [0.717, 1.165) is 0 Å². The molecular formula is C8F20IN. The average molecular weight is 617 g/mol. The molecule has 0 aliphatic rings. The first-order chi connectivity index (χ1) is 12.0. The monoisotopic (exact) mass is 617 g/mol. The van der Waals surface area contributed by atoms with Crippen LogP contribution in [0.3, 0.4) is 0 Å². The summed E-state index contributed by atoms with van der Waals surface area (Å²) in [4.78, 5) is 0. The highest BCUT2D eigenvalue weighted by Gasteiger charge is 2.99. The van der Waals surface area contributed by atoms with Gasteiger partial charge in [-0.1, -0.05) is 0 Å². The topological polar surface area (TPSA) is 0 Å². The first kappa shape index (κ1) is 31.5. The number of quaternary nitrogens is 1. The summed E-state index contributed by atoms with van der Waals surface area (Å²) in [5.74, 6) is -52.8. The number of hydrogen-bond acceptors (Lipinski definition) is 0. The van der Waals surface area contributed by atoms with Crippen LogP contribution in [0.25, 0.3) is 0 Å². The van der Waals surface area contributed by atoms with Gasteiger partial charge in [0.25, 0.3) is 0 Å². The zero-order valence-electron chi connectivity index (χ0n) is 12.4. The van der Waals surface area contributed by atoms with Gasteiger partial charge in [0.05, 0.1) is 13.4 Å². The molecule has 0 N–H and O–H groups in total. The van der Waals surface area contributed by atoms with E-state index >= 15 is 0 Å². The van der Waals surface area contributed by atoms with Gasteiger partial charge in [-0.15, -0.1) is 8.78 Å². The summed E-state index contributed by atoms with van der Waals surface area (Å²) in [5, 5.41) is -7.20. The Morgan fingerprint density at radius 1 is 0.333 bits per heavy atom. The van der Waals surface area contributed by atoms with Crippen LogP contribution in [0.5, 0.6) is 0 Å². The van der Waals surface area contributed by atoms with Crippen LogP contribution < -0.4 is 24.0 Å². The predicted octanol–water partition coefficient (Wildman–Crippen LogP) is 3.43. The number of hydrogen-bond donors (Lipinski definition) is 0. The summed E-state index contributed by atoms with van der Waals surface area (Å²) in [6, 6.07) is -8.43. The Hall–Kier alpha value is -0.710. The molecule has 0 rings (SSSR count). The second-order valence-electron chi connectivity index (χ2n) is 4.93. The van der Waals surface area contributed by atoms with Crippen molar-refractivity contribution in [3.63, 3.8) is 0 Å². The van der Waals surface area contributed by atoms with Crippen molar-refractivity contribution < 1.29 is 117 Å². The highest BCUT2D eigenvalue weighted by Crippen LogP contribution is 2.64. The minimum absolute atomic E-state index is 0. The quantitative estimate of drug-likeness (QED) is 0.178. The normalized spacial score (nSPS) is 16.4. The van der Waals surface area contributed by atoms with E-state index in [2.05, 4.69) is 0 Å². The third-order valence-electron chi connectivity index (χ3n) is 3.02. The minimum Gasteiger partial charge on any atom is -1.00 e. The molecule has 0 aliphatic heterocycles. The van der Waals surface area contributed by atoms with Crippen molar-refractivity contribution in [3.8, 4) is 0 Å². The standard InChI is InChI=1S/C8F20N.HI/c9-1(10,3(13,14)5(17,18)7(21,22)23)2(11,12)4(15,16)6(19,20)8(24,25)29(26,27)28;/h;1H/q+1;/p-1. The Morgan fingerprint density at radius 3 is 0.733 bits per heavy atom. The number of rotatable bonds is 7. The second-order valence-corrected chi connectivity index (χ2v) is 4.93. The second kappa shape index (κ2) is 7.42. The smallest absolute Gasteiger partial charge is 0.576 e. The van der Waals surface area contributed by atoms with E-state index in [4.69, 9.17) is 0 Å². The minimum atomic E-state index is -9.03. The molecule has 0 amide bonds. The first-order valence-corrected chi connectivity index (χ1v) is 5.69. The van der Waals surface area contributed by atoms with Crippen molar-refractivity contribution in [2.24, 2.45) is 0 Å². The fraction of sp³-hybridized carbons (Fsp3) is 1.00. The summed E-state index contributed by atoms with van der Waals surface area (Å²) in [5.41, 5.74) is 0. The molecule has 30 heavy (non-hydrogen) atoms. The van der Waals surface area contributed by atoms with Gasteiger partial charge >= 0.3 is 52.9 Å². The molecule has 0 atom stereocenters. The lowest BCUT2D eigenvalue weighted by atomic mass is 9.90. The van der Waals surface area contributed by atoms with E-state index in [1.807, 2.05) is 0 Å². The zero-order chi connectivity index (χ0) is 24.5. The van der Waals surface area contributed by atoms with Crippen molar-refractivity contribution >= 4 is 0 Å². The Morgan fingerprint density at radius 2 is 0.533 bits per heavy atom. The zero-order valence-corrected chi connectivity index (χ0v) is 14.5. The fourth-order valence-electron chi connectivity index (χ4n) is 1.31. The molecule has 0 saturated carbocycles. The van der Waals surface area contributed by atoms with Gasteiger partial charge < -0.3 is 24.0 Å². The lowest BCUT2D eigenvalue weighted by Gasteiger charge is -2.41. The first-order valence-electron chi connectivity index (χ1n) is 5.69. The average Bonchev–Trinajstić information content (AvgIpc) is 2.43. The molecule has 184 valence electrons. The van der Waals surface area contributed by atoms with Crippen molar-refractivity contribution in [3.05, 3.63) is 0 Å². The Balaban J connectivity index is 0. The van der Waals surface area contributed by atoms with Gasteiger partial charge in [0, 0.05) is 0 Å². The molecule has 1 nitrogen and oxygen atoms in total. The summed E-state index contributed by atoms with van der Waals surface area (Å²) in [6.07, 6.45) is -7.93. The van der Waals surface area contributed by atoms with Gasteiger partial charge in [-0.05, 0) is 0 Å². The maximum atomic E-state index is 12.9. The predicted molar refractivity (Wildman–Crippen MR) is 44.3 cm³/mol. The fourth-order valence-corrected chi connectivity index (χ4v) is 1.31. The third-order valence-corrected chi connectivity index (χ3v) is 3.02. The largest absolute Gasteiger partial charge is 1.00 e. The molecule has 0 saturated heterocycles. The van der Waals surface area contributed by atoms with Crippen LogP contribution in [0.2, 0.25) is 0 Å². The number of alkyl halides is 17. The summed E-state index contributed by atoms with van der Waals surface area (Å²) < 4.78 is 248. The summed E-state index contributed by atoms with van der Waals surface area (Å²) in [6.45, 7) is 0. The molecule has 0 aromatic rings. The lowest BCUT2D eigenvalue weighted by Crippen LogP contribution is -3.00. The van der Waals surface area contributed by atoms with Gasteiger partial charge in [-0.2, -0.15) is 65.9 Å². The van der Waals surface area contributed by atoms with E-state index < -0.39 is 52.9 Å². The number of nitrogens with zero attached hydrogens (tertiary/aromatic N) is 1. The van der Waals surface area contributed by atoms with E-state index in [1.165, 1.54) is 0 Å². The highest BCUT2D eigenvalue weighted by atomic mass is 127. The van der Waals surface area contributed by atoms with Crippen LogP contribution in [-0.4, -0.2) is 52.9 Å². The van der Waals surface area contributed by atoms with Gasteiger partial charge in [0.2, 0.25) is 0 Å². The molecule has 0 aromatic carbocycles. The van der Waals surface area contributed by atoms with E-state index in [9.17, 15) is 88.1 Å². The molecule has 0 fully saturated rings. The Kier molecular flexibility index (Phi) is 7.78. The van der Waals surface area contributed by atoms with Crippen LogP contribution in [0.4, 0.5) is 88.1 Å². The van der Waals surface area contributed by atoms with Crippen LogP contribution in [-0.2, 0) is 0 Å². The van der Waals surface area contributed by atoms with Gasteiger partial charge in [-0.25, -0.2) is 0 Å². The van der Waals surface area contributed by atoms with Crippen molar-refractivity contribution in [2.75, 3.05) is 0 Å². The molecule has 0 radical (unpaired) electrons. The van der Waals surface area contributed by atoms with Crippen molar-refractivity contribution in [1.82, 2.24) is 0 Å². The molecule has 0 aromatic heterocycles.